The fourth-order valence-corrected chi connectivity index (χ4v) is 4.11. The fourth-order valence-electron chi connectivity index (χ4n) is 3.87. The van der Waals surface area contributed by atoms with E-state index in [1.807, 2.05) is 55.5 Å². The van der Waals surface area contributed by atoms with Crippen molar-refractivity contribution >= 4 is 27.7 Å². The third-order valence-corrected chi connectivity index (χ3v) is 6.70. The lowest BCUT2D eigenvalue weighted by atomic mass is 9.95. The highest BCUT2D eigenvalue weighted by atomic mass is 79.9. The zero-order valence-electron chi connectivity index (χ0n) is 18.3. The van der Waals surface area contributed by atoms with E-state index in [9.17, 15) is 9.59 Å². The van der Waals surface area contributed by atoms with E-state index in [-0.39, 0.29) is 24.5 Å². The van der Waals surface area contributed by atoms with Crippen molar-refractivity contribution in [2.75, 3.05) is 6.61 Å². The van der Waals surface area contributed by atoms with Crippen LogP contribution in [-0.4, -0.2) is 35.4 Å². The zero-order chi connectivity index (χ0) is 22.2. The Hall–Kier alpha value is -2.34. The average molecular weight is 487 g/mol. The van der Waals surface area contributed by atoms with Gasteiger partial charge in [-0.15, -0.1) is 0 Å². The van der Waals surface area contributed by atoms with Crippen LogP contribution in [0.4, 0.5) is 0 Å². The van der Waals surface area contributed by atoms with Crippen LogP contribution in [0.25, 0.3) is 0 Å². The minimum absolute atomic E-state index is 0.101. The summed E-state index contributed by atoms with van der Waals surface area (Å²) in [5.41, 5.74) is 2.01. The Kier molecular flexibility index (Phi) is 8.52. The van der Waals surface area contributed by atoms with E-state index < -0.39 is 6.04 Å². The highest BCUT2D eigenvalue weighted by molar-refractivity contribution is 9.10. The van der Waals surface area contributed by atoms with Gasteiger partial charge >= 0.3 is 0 Å². The lowest BCUT2D eigenvalue weighted by Gasteiger charge is -2.31. The van der Waals surface area contributed by atoms with Gasteiger partial charge in [0, 0.05) is 17.1 Å². The molecule has 1 atom stereocenters. The highest BCUT2D eigenvalue weighted by Gasteiger charge is 2.28. The Balaban J connectivity index is 1.68. The molecule has 1 saturated carbocycles. The van der Waals surface area contributed by atoms with Crippen LogP contribution in [0, 0.1) is 6.92 Å². The number of hydrogen-bond donors (Lipinski definition) is 1. The number of benzene rings is 2. The summed E-state index contributed by atoms with van der Waals surface area (Å²) in [5.74, 6) is 0.319. The van der Waals surface area contributed by atoms with E-state index in [1.54, 1.807) is 11.8 Å². The second kappa shape index (κ2) is 11.3. The molecule has 2 aromatic carbocycles. The van der Waals surface area contributed by atoms with Gasteiger partial charge in [0.2, 0.25) is 5.91 Å². The molecule has 0 aromatic heterocycles. The van der Waals surface area contributed by atoms with Gasteiger partial charge in [-0.1, -0.05) is 65.5 Å². The van der Waals surface area contributed by atoms with E-state index in [1.165, 1.54) is 6.42 Å². The molecule has 0 radical (unpaired) electrons. The van der Waals surface area contributed by atoms with Crippen molar-refractivity contribution in [1.82, 2.24) is 10.2 Å². The minimum Gasteiger partial charge on any atom is -0.484 e. The van der Waals surface area contributed by atoms with E-state index in [4.69, 9.17) is 4.74 Å². The summed E-state index contributed by atoms with van der Waals surface area (Å²) >= 11 is 3.47. The summed E-state index contributed by atoms with van der Waals surface area (Å²) in [7, 11) is 0. The second-order valence-corrected chi connectivity index (χ2v) is 9.08. The SMILES string of the molecule is Cc1cc(OCC(=O)N(Cc2ccccc2)[C@H](C)C(=O)NC2CCCCC2)ccc1Br. The lowest BCUT2D eigenvalue weighted by molar-refractivity contribution is -0.142. The molecule has 1 aliphatic rings. The van der Waals surface area contributed by atoms with Gasteiger partial charge in [-0.3, -0.25) is 9.59 Å². The molecule has 166 valence electrons. The Morgan fingerprint density at radius 1 is 1.13 bits per heavy atom. The van der Waals surface area contributed by atoms with E-state index >= 15 is 0 Å². The van der Waals surface area contributed by atoms with Crippen LogP contribution in [-0.2, 0) is 16.1 Å². The molecule has 0 bridgehead atoms. The first-order valence-electron chi connectivity index (χ1n) is 11.0. The average Bonchev–Trinajstić information content (AvgIpc) is 2.79. The molecule has 1 N–H and O–H groups in total. The third-order valence-electron chi connectivity index (χ3n) is 5.81. The van der Waals surface area contributed by atoms with Gasteiger partial charge in [-0.2, -0.15) is 0 Å². The maximum absolute atomic E-state index is 13.1. The summed E-state index contributed by atoms with van der Waals surface area (Å²) in [6.45, 7) is 4.01. The van der Waals surface area contributed by atoms with Crippen molar-refractivity contribution in [2.24, 2.45) is 0 Å². The molecule has 0 aliphatic heterocycles. The van der Waals surface area contributed by atoms with Crippen LogP contribution in [0.1, 0.15) is 50.2 Å². The summed E-state index contributed by atoms with van der Waals surface area (Å²) in [6, 6.07) is 15.0. The molecule has 5 nitrogen and oxygen atoms in total. The van der Waals surface area contributed by atoms with Gasteiger partial charge in [0.1, 0.15) is 11.8 Å². The molecule has 31 heavy (non-hydrogen) atoms. The normalized spacial score (nSPS) is 15.2. The molecule has 3 rings (SSSR count). The topological polar surface area (TPSA) is 58.6 Å². The number of nitrogens with zero attached hydrogens (tertiary/aromatic N) is 1. The minimum atomic E-state index is -0.579. The van der Waals surface area contributed by atoms with Gasteiger partial charge in [0.05, 0.1) is 0 Å². The van der Waals surface area contributed by atoms with Crippen LogP contribution >= 0.6 is 15.9 Å². The molecule has 0 saturated heterocycles. The largest absolute Gasteiger partial charge is 0.484 e. The summed E-state index contributed by atoms with van der Waals surface area (Å²) in [5, 5.41) is 3.15. The van der Waals surface area contributed by atoms with Gasteiger partial charge < -0.3 is 15.0 Å². The molecule has 0 heterocycles. The molecule has 2 aromatic rings. The number of halogens is 1. The first-order valence-corrected chi connectivity index (χ1v) is 11.8. The number of ether oxygens (including phenoxy) is 1. The second-order valence-electron chi connectivity index (χ2n) is 8.23. The molecular weight excluding hydrogens is 456 g/mol. The molecule has 1 fully saturated rings. The molecular formula is C25H31BrN2O3. The number of amides is 2. The zero-order valence-corrected chi connectivity index (χ0v) is 19.9. The number of carbonyl (C=O) groups excluding carboxylic acids is 2. The van der Waals surface area contributed by atoms with Crippen LogP contribution in [0.3, 0.4) is 0 Å². The predicted molar refractivity (Wildman–Crippen MR) is 126 cm³/mol. The number of nitrogens with one attached hydrogen (secondary N) is 1. The van der Waals surface area contributed by atoms with Crippen LogP contribution in [0.2, 0.25) is 0 Å². The Morgan fingerprint density at radius 3 is 2.52 bits per heavy atom. The monoisotopic (exact) mass is 486 g/mol. The maximum atomic E-state index is 13.1. The van der Waals surface area contributed by atoms with Gasteiger partial charge in [0.15, 0.2) is 6.61 Å². The summed E-state index contributed by atoms with van der Waals surface area (Å²) in [6.07, 6.45) is 5.54. The third kappa shape index (κ3) is 6.82. The summed E-state index contributed by atoms with van der Waals surface area (Å²) < 4.78 is 6.75. The smallest absolute Gasteiger partial charge is 0.261 e. The Labute approximate surface area is 193 Å². The number of rotatable bonds is 8. The molecule has 0 unspecified atom stereocenters. The van der Waals surface area contributed by atoms with Crippen molar-refractivity contribution in [2.45, 2.75) is 64.6 Å². The molecule has 6 heteroatoms. The number of carbonyl (C=O) groups is 2. The van der Waals surface area contributed by atoms with Crippen molar-refractivity contribution in [3.8, 4) is 5.75 Å². The summed E-state index contributed by atoms with van der Waals surface area (Å²) in [4.78, 5) is 27.7. The van der Waals surface area contributed by atoms with Crippen LogP contribution in [0.5, 0.6) is 5.75 Å². The van der Waals surface area contributed by atoms with Crippen molar-refractivity contribution in [3.63, 3.8) is 0 Å². The first kappa shape index (κ1) is 23.3. The van der Waals surface area contributed by atoms with Crippen LogP contribution < -0.4 is 10.1 Å². The van der Waals surface area contributed by atoms with Crippen molar-refractivity contribution in [3.05, 3.63) is 64.1 Å². The first-order chi connectivity index (χ1) is 14.9. The lowest BCUT2D eigenvalue weighted by Crippen LogP contribution is -2.51. The number of hydrogen-bond acceptors (Lipinski definition) is 3. The van der Waals surface area contributed by atoms with Crippen molar-refractivity contribution in [1.29, 1.82) is 0 Å². The molecule has 2 amide bonds. The van der Waals surface area contributed by atoms with Gasteiger partial charge in [-0.25, -0.2) is 0 Å². The molecule has 0 spiro atoms. The van der Waals surface area contributed by atoms with E-state index in [2.05, 4.69) is 21.2 Å². The molecule has 1 aliphatic carbocycles. The quantitative estimate of drug-likeness (QED) is 0.570. The standard InChI is InChI=1S/C25H31BrN2O3/c1-18-15-22(13-14-23(18)26)31-17-24(29)28(16-20-9-5-3-6-10-20)19(2)25(30)27-21-11-7-4-8-12-21/h3,5-6,9-10,13-15,19,21H,4,7-8,11-12,16-17H2,1-2H3,(H,27,30)/t19-/m1/s1. The Bertz CT molecular complexity index is 882. The fraction of sp³-hybridized carbons (Fsp3) is 0.440. The number of aryl methyl sites for hydroxylation is 1. The highest BCUT2D eigenvalue weighted by Crippen LogP contribution is 2.22. The maximum Gasteiger partial charge on any atom is 0.261 e. The van der Waals surface area contributed by atoms with Gasteiger partial charge in [0.25, 0.3) is 5.91 Å². The van der Waals surface area contributed by atoms with Gasteiger partial charge in [-0.05, 0) is 56.0 Å². The predicted octanol–water partition coefficient (Wildman–Crippen LogP) is 5.00. The van der Waals surface area contributed by atoms with E-state index in [0.29, 0.717) is 12.3 Å². The van der Waals surface area contributed by atoms with E-state index in [0.717, 1.165) is 41.3 Å². The van der Waals surface area contributed by atoms with Crippen LogP contribution in [0.15, 0.2) is 53.0 Å². The van der Waals surface area contributed by atoms with Crippen molar-refractivity contribution < 1.29 is 14.3 Å². The Morgan fingerprint density at radius 2 is 1.84 bits per heavy atom.